The average molecular weight is 238 g/mol. The highest BCUT2D eigenvalue weighted by atomic mass is 19.1. The summed E-state index contributed by atoms with van der Waals surface area (Å²) >= 11 is 0. The smallest absolute Gasteiger partial charge is 0.167 e. The number of hydrogen-bond acceptors (Lipinski definition) is 3. The highest BCUT2D eigenvalue weighted by Gasteiger charge is 2.25. The second-order valence-electron chi connectivity index (χ2n) is 4.53. The molecule has 0 unspecified atom stereocenters. The lowest BCUT2D eigenvalue weighted by molar-refractivity contribution is 0.386. The van der Waals surface area contributed by atoms with Crippen molar-refractivity contribution < 1.29 is 9.13 Å². The normalized spacial score (nSPS) is 14.8. The lowest BCUT2D eigenvalue weighted by atomic mass is 10.2. The maximum absolute atomic E-state index is 13.4. The fourth-order valence-corrected chi connectivity index (χ4v) is 2.00. The van der Waals surface area contributed by atoms with Crippen molar-refractivity contribution in [1.29, 1.82) is 0 Å². The molecule has 4 heteroatoms. The Morgan fingerprint density at radius 3 is 2.71 bits per heavy atom. The van der Waals surface area contributed by atoms with Gasteiger partial charge in [0.1, 0.15) is 0 Å². The molecule has 0 heterocycles. The van der Waals surface area contributed by atoms with Gasteiger partial charge < -0.3 is 15.4 Å². The van der Waals surface area contributed by atoms with E-state index in [1.807, 2.05) is 0 Å². The average Bonchev–Trinajstić information content (AvgIpc) is 3.11. The lowest BCUT2D eigenvalue weighted by Gasteiger charge is -2.25. The zero-order chi connectivity index (χ0) is 12.4. The quantitative estimate of drug-likeness (QED) is 0.801. The number of anilines is 2. The van der Waals surface area contributed by atoms with E-state index in [-0.39, 0.29) is 5.75 Å². The first-order chi connectivity index (χ1) is 8.15. The molecular formula is C13H19FN2O. The summed E-state index contributed by atoms with van der Waals surface area (Å²) in [4.78, 5) is 2.19. The van der Waals surface area contributed by atoms with Gasteiger partial charge in [0.2, 0.25) is 0 Å². The van der Waals surface area contributed by atoms with Crippen LogP contribution in [0.3, 0.4) is 0 Å². The highest BCUT2D eigenvalue weighted by Crippen LogP contribution is 2.35. The van der Waals surface area contributed by atoms with E-state index in [2.05, 4.69) is 11.8 Å². The summed E-state index contributed by atoms with van der Waals surface area (Å²) in [6.07, 6.45) is 2.57. The molecule has 0 aliphatic heterocycles. The van der Waals surface area contributed by atoms with E-state index in [0.717, 1.165) is 24.7 Å². The molecule has 2 N–H and O–H groups in total. The van der Waals surface area contributed by atoms with E-state index in [0.29, 0.717) is 5.69 Å². The van der Waals surface area contributed by atoms with Gasteiger partial charge in [0.05, 0.1) is 18.5 Å². The Kier molecular flexibility index (Phi) is 3.41. The molecule has 0 bridgehead atoms. The first kappa shape index (κ1) is 12.0. The second-order valence-corrected chi connectivity index (χ2v) is 4.53. The highest BCUT2D eigenvalue weighted by molar-refractivity contribution is 5.70. The predicted molar refractivity (Wildman–Crippen MR) is 68.0 cm³/mol. The van der Waals surface area contributed by atoms with Crippen LogP contribution in [-0.4, -0.2) is 20.2 Å². The first-order valence-electron chi connectivity index (χ1n) is 6.03. The number of benzene rings is 1. The van der Waals surface area contributed by atoms with Crippen LogP contribution in [0, 0.1) is 11.7 Å². The van der Waals surface area contributed by atoms with Crippen molar-refractivity contribution in [1.82, 2.24) is 0 Å². The van der Waals surface area contributed by atoms with Gasteiger partial charge in [-0.25, -0.2) is 4.39 Å². The first-order valence-corrected chi connectivity index (χ1v) is 6.03. The number of rotatable bonds is 5. The van der Waals surface area contributed by atoms with Crippen LogP contribution >= 0.6 is 0 Å². The molecule has 1 aromatic rings. The minimum Gasteiger partial charge on any atom is -0.494 e. The van der Waals surface area contributed by atoms with Crippen LogP contribution in [0.15, 0.2) is 12.1 Å². The SMILES string of the molecule is CCN(CC1CC1)c1cc(OC)c(F)cc1N. The van der Waals surface area contributed by atoms with Crippen molar-refractivity contribution in [3.05, 3.63) is 17.9 Å². The monoisotopic (exact) mass is 238 g/mol. The van der Waals surface area contributed by atoms with E-state index in [1.54, 1.807) is 6.07 Å². The van der Waals surface area contributed by atoms with Crippen molar-refractivity contribution in [2.45, 2.75) is 19.8 Å². The van der Waals surface area contributed by atoms with Crippen molar-refractivity contribution in [3.63, 3.8) is 0 Å². The molecule has 2 rings (SSSR count). The number of nitrogens with two attached hydrogens (primary N) is 1. The molecule has 1 aliphatic carbocycles. The number of nitrogens with zero attached hydrogens (tertiary/aromatic N) is 1. The summed E-state index contributed by atoms with van der Waals surface area (Å²) in [5.74, 6) is 0.616. The summed E-state index contributed by atoms with van der Waals surface area (Å²) in [7, 11) is 1.47. The minimum absolute atomic E-state index is 0.253. The minimum atomic E-state index is -0.406. The molecule has 17 heavy (non-hydrogen) atoms. The van der Waals surface area contributed by atoms with Crippen LogP contribution in [-0.2, 0) is 0 Å². The topological polar surface area (TPSA) is 38.5 Å². The fourth-order valence-electron chi connectivity index (χ4n) is 2.00. The molecule has 1 aromatic carbocycles. The van der Waals surface area contributed by atoms with E-state index >= 15 is 0 Å². The molecule has 1 fully saturated rings. The van der Waals surface area contributed by atoms with Gasteiger partial charge in [-0.05, 0) is 25.7 Å². The molecule has 0 saturated heterocycles. The summed E-state index contributed by atoms with van der Waals surface area (Å²) in [6.45, 7) is 3.95. The summed E-state index contributed by atoms with van der Waals surface area (Å²) in [5, 5.41) is 0. The Labute approximate surface area is 101 Å². The van der Waals surface area contributed by atoms with E-state index < -0.39 is 5.82 Å². The van der Waals surface area contributed by atoms with Crippen LogP contribution in [0.2, 0.25) is 0 Å². The lowest BCUT2D eigenvalue weighted by Crippen LogP contribution is -2.26. The standard InChI is InChI=1S/C13H19FN2O/c1-3-16(8-9-4-5-9)12-7-13(17-2)10(14)6-11(12)15/h6-7,9H,3-5,8,15H2,1-2H3. The Balaban J connectivity index is 2.27. The molecule has 3 nitrogen and oxygen atoms in total. The van der Waals surface area contributed by atoms with Gasteiger partial charge in [0.25, 0.3) is 0 Å². The van der Waals surface area contributed by atoms with Crippen molar-refractivity contribution in [3.8, 4) is 5.75 Å². The van der Waals surface area contributed by atoms with Crippen molar-refractivity contribution in [2.75, 3.05) is 30.8 Å². The molecule has 0 atom stereocenters. The van der Waals surface area contributed by atoms with Crippen LogP contribution in [0.4, 0.5) is 15.8 Å². The van der Waals surface area contributed by atoms with E-state index in [1.165, 1.54) is 26.0 Å². The van der Waals surface area contributed by atoms with Gasteiger partial charge in [-0.1, -0.05) is 0 Å². The van der Waals surface area contributed by atoms with Gasteiger partial charge in [0, 0.05) is 25.2 Å². The number of methoxy groups -OCH3 is 1. The van der Waals surface area contributed by atoms with Crippen LogP contribution in [0.25, 0.3) is 0 Å². The van der Waals surface area contributed by atoms with Crippen molar-refractivity contribution >= 4 is 11.4 Å². The summed E-state index contributed by atoms with van der Waals surface area (Å²) in [5.41, 5.74) is 7.23. The fraction of sp³-hybridized carbons (Fsp3) is 0.538. The number of nitrogen functional groups attached to an aromatic ring is 1. The Hall–Kier alpha value is -1.45. The third kappa shape index (κ3) is 2.62. The zero-order valence-electron chi connectivity index (χ0n) is 10.4. The Morgan fingerprint density at radius 1 is 1.47 bits per heavy atom. The van der Waals surface area contributed by atoms with Gasteiger partial charge in [-0.15, -0.1) is 0 Å². The third-order valence-corrected chi connectivity index (χ3v) is 3.20. The van der Waals surface area contributed by atoms with Crippen LogP contribution in [0.1, 0.15) is 19.8 Å². The third-order valence-electron chi connectivity index (χ3n) is 3.20. The second kappa shape index (κ2) is 4.82. The van der Waals surface area contributed by atoms with Gasteiger partial charge in [0.15, 0.2) is 11.6 Å². The molecule has 0 spiro atoms. The molecule has 0 aromatic heterocycles. The molecule has 0 amide bonds. The van der Waals surface area contributed by atoms with E-state index in [9.17, 15) is 4.39 Å². The Bertz CT molecular complexity index is 405. The molecule has 1 aliphatic rings. The number of halogens is 1. The Morgan fingerprint density at radius 2 is 2.18 bits per heavy atom. The summed E-state index contributed by atoms with van der Waals surface area (Å²) in [6, 6.07) is 3.03. The molecule has 1 saturated carbocycles. The predicted octanol–water partition coefficient (Wildman–Crippen LogP) is 2.65. The number of hydrogen-bond donors (Lipinski definition) is 1. The summed E-state index contributed by atoms with van der Waals surface area (Å²) < 4.78 is 18.4. The van der Waals surface area contributed by atoms with Crippen molar-refractivity contribution in [2.24, 2.45) is 5.92 Å². The van der Waals surface area contributed by atoms with Crippen LogP contribution < -0.4 is 15.4 Å². The largest absolute Gasteiger partial charge is 0.494 e. The number of ether oxygens (including phenoxy) is 1. The van der Waals surface area contributed by atoms with Gasteiger partial charge in [-0.3, -0.25) is 0 Å². The molecular weight excluding hydrogens is 219 g/mol. The van der Waals surface area contributed by atoms with Gasteiger partial charge in [-0.2, -0.15) is 0 Å². The van der Waals surface area contributed by atoms with Gasteiger partial charge >= 0.3 is 0 Å². The maximum Gasteiger partial charge on any atom is 0.167 e. The van der Waals surface area contributed by atoms with E-state index in [4.69, 9.17) is 10.5 Å². The van der Waals surface area contributed by atoms with Crippen LogP contribution in [0.5, 0.6) is 5.75 Å². The molecule has 0 radical (unpaired) electrons. The molecule has 94 valence electrons. The zero-order valence-corrected chi connectivity index (χ0v) is 10.4. The maximum atomic E-state index is 13.4.